The molecular formula is C17H16N2O2S2. The van der Waals surface area contributed by atoms with Crippen molar-refractivity contribution in [3.05, 3.63) is 53.6 Å². The van der Waals surface area contributed by atoms with Crippen LogP contribution in [-0.4, -0.2) is 21.4 Å². The van der Waals surface area contributed by atoms with Gasteiger partial charge in [0, 0.05) is 5.69 Å². The maximum absolute atomic E-state index is 11.6. The van der Waals surface area contributed by atoms with E-state index in [9.17, 15) is 9.90 Å². The van der Waals surface area contributed by atoms with Crippen molar-refractivity contribution in [3.63, 3.8) is 0 Å². The molecule has 1 atom stereocenters. The average Bonchev–Trinajstić information content (AvgIpc) is 2.92. The molecule has 0 saturated carbocycles. The molecule has 0 spiro atoms. The van der Waals surface area contributed by atoms with Gasteiger partial charge in [-0.1, -0.05) is 42.1 Å². The first-order valence-electron chi connectivity index (χ1n) is 7.12. The number of nitrogens with zero attached hydrogens (tertiary/aromatic N) is 1. The highest BCUT2D eigenvalue weighted by Crippen LogP contribution is 2.33. The van der Waals surface area contributed by atoms with Gasteiger partial charge in [-0.25, -0.2) is 9.78 Å². The Hall–Kier alpha value is -2.05. The van der Waals surface area contributed by atoms with E-state index in [4.69, 9.17) is 0 Å². The number of anilines is 1. The molecule has 1 unspecified atom stereocenters. The molecular weight excluding hydrogens is 328 g/mol. The lowest BCUT2D eigenvalue weighted by atomic mass is 10.1. The lowest BCUT2D eigenvalue weighted by Crippen LogP contribution is -2.26. The van der Waals surface area contributed by atoms with Crippen LogP contribution < -0.4 is 5.32 Å². The maximum atomic E-state index is 11.6. The third-order valence-electron chi connectivity index (χ3n) is 3.47. The van der Waals surface area contributed by atoms with E-state index in [1.807, 2.05) is 56.3 Å². The van der Waals surface area contributed by atoms with Crippen LogP contribution in [0.5, 0.6) is 0 Å². The third kappa shape index (κ3) is 3.48. The molecule has 0 fully saturated rings. The normalized spacial score (nSPS) is 12.3. The quantitative estimate of drug-likeness (QED) is 0.526. The Morgan fingerprint density at radius 3 is 2.52 bits per heavy atom. The van der Waals surface area contributed by atoms with Crippen molar-refractivity contribution in [2.24, 2.45) is 0 Å². The number of aryl methyl sites for hydroxylation is 2. The van der Waals surface area contributed by atoms with E-state index in [1.165, 1.54) is 23.1 Å². The monoisotopic (exact) mass is 344 g/mol. The lowest BCUT2D eigenvalue weighted by Gasteiger charge is -2.17. The zero-order valence-corrected chi connectivity index (χ0v) is 14.4. The van der Waals surface area contributed by atoms with Crippen LogP contribution in [0.1, 0.15) is 11.1 Å². The highest BCUT2D eigenvalue weighted by atomic mass is 32.2. The molecule has 1 heterocycles. The number of aromatic nitrogens is 1. The van der Waals surface area contributed by atoms with Crippen LogP contribution in [0.15, 0.2) is 46.8 Å². The highest BCUT2D eigenvalue weighted by molar-refractivity contribution is 8.02. The summed E-state index contributed by atoms with van der Waals surface area (Å²) in [5, 5.41) is 11.9. The lowest BCUT2D eigenvalue weighted by molar-refractivity contribution is -0.135. The fraction of sp³-hybridized carbons (Fsp3) is 0.176. The number of hydrogen-bond donors (Lipinski definition) is 2. The summed E-state index contributed by atoms with van der Waals surface area (Å²) in [5.41, 5.74) is 3.83. The molecule has 0 saturated heterocycles. The molecule has 118 valence electrons. The predicted molar refractivity (Wildman–Crippen MR) is 96.4 cm³/mol. The number of carbonyl (C=O) groups is 1. The second-order valence-electron chi connectivity index (χ2n) is 5.19. The SMILES string of the molecule is Cc1cccc(C)c1NC(Sc1nc2ccccc2s1)C(=O)O. The number of thiazole rings is 1. The highest BCUT2D eigenvalue weighted by Gasteiger charge is 2.22. The summed E-state index contributed by atoms with van der Waals surface area (Å²) in [4.78, 5) is 16.1. The molecule has 23 heavy (non-hydrogen) atoms. The minimum atomic E-state index is -0.906. The number of carboxylic acid groups (broad SMARTS) is 1. The first-order valence-corrected chi connectivity index (χ1v) is 8.82. The van der Waals surface area contributed by atoms with E-state index < -0.39 is 11.3 Å². The van der Waals surface area contributed by atoms with Gasteiger partial charge in [0.1, 0.15) is 0 Å². The Morgan fingerprint density at radius 1 is 1.17 bits per heavy atom. The van der Waals surface area contributed by atoms with E-state index >= 15 is 0 Å². The van der Waals surface area contributed by atoms with Gasteiger partial charge >= 0.3 is 5.97 Å². The Balaban J connectivity index is 1.86. The zero-order chi connectivity index (χ0) is 16.4. The fourth-order valence-corrected chi connectivity index (χ4v) is 4.39. The van der Waals surface area contributed by atoms with Crippen molar-refractivity contribution in [1.29, 1.82) is 0 Å². The summed E-state index contributed by atoms with van der Waals surface area (Å²) < 4.78 is 1.81. The Bertz CT molecular complexity index is 807. The second kappa shape index (κ2) is 6.60. The predicted octanol–water partition coefficient (Wildman–Crippen LogP) is 4.53. The fourth-order valence-electron chi connectivity index (χ4n) is 2.32. The molecule has 0 aliphatic rings. The van der Waals surface area contributed by atoms with E-state index in [1.54, 1.807) is 0 Å². The van der Waals surface area contributed by atoms with Gasteiger partial charge in [0.05, 0.1) is 10.2 Å². The van der Waals surface area contributed by atoms with Gasteiger partial charge in [-0.15, -0.1) is 11.3 Å². The van der Waals surface area contributed by atoms with E-state index in [0.717, 1.165) is 31.4 Å². The molecule has 1 aromatic heterocycles. The topological polar surface area (TPSA) is 62.2 Å². The van der Waals surface area contributed by atoms with Gasteiger partial charge in [-0.2, -0.15) is 0 Å². The Morgan fingerprint density at radius 2 is 1.87 bits per heavy atom. The number of para-hydroxylation sites is 2. The maximum Gasteiger partial charge on any atom is 0.337 e. The summed E-state index contributed by atoms with van der Waals surface area (Å²) >= 11 is 2.74. The summed E-state index contributed by atoms with van der Waals surface area (Å²) in [5.74, 6) is -0.906. The van der Waals surface area contributed by atoms with Gasteiger partial charge in [-0.05, 0) is 37.1 Å². The van der Waals surface area contributed by atoms with Gasteiger partial charge in [-0.3, -0.25) is 0 Å². The number of rotatable bonds is 5. The minimum absolute atomic E-state index is 0.748. The van der Waals surface area contributed by atoms with E-state index in [0.29, 0.717) is 0 Å². The van der Waals surface area contributed by atoms with Gasteiger partial charge in [0.25, 0.3) is 0 Å². The van der Waals surface area contributed by atoms with Crippen molar-refractivity contribution in [1.82, 2.24) is 4.98 Å². The van der Waals surface area contributed by atoms with Crippen molar-refractivity contribution < 1.29 is 9.90 Å². The number of fused-ring (bicyclic) bond motifs is 1. The average molecular weight is 344 g/mol. The molecule has 3 aromatic rings. The number of carboxylic acids is 1. The molecule has 2 aromatic carbocycles. The van der Waals surface area contributed by atoms with Crippen molar-refractivity contribution in [2.75, 3.05) is 5.32 Å². The van der Waals surface area contributed by atoms with Crippen molar-refractivity contribution in [3.8, 4) is 0 Å². The van der Waals surface area contributed by atoms with Crippen LogP contribution in [-0.2, 0) is 4.79 Å². The van der Waals surface area contributed by atoms with Crippen LogP contribution in [0.3, 0.4) is 0 Å². The molecule has 6 heteroatoms. The number of hydrogen-bond acceptors (Lipinski definition) is 5. The zero-order valence-electron chi connectivity index (χ0n) is 12.7. The minimum Gasteiger partial charge on any atom is -0.479 e. The molecule has 4 nitrogen and oxygen atoms in total. The molecule has 0 amide bonds. The standard InChI is InChI=1S/C17H16N2O2S2/c1-10-6-5-7-11(2)14(10)19-15(16(20)21)23-17-18-12-8-3-4-9-13(12)22-17/h3-9,15,19H,1-2H3,(H,20,21). The first-order chi connectivity index (χ1) is 11.0. The molecule has 3 rings (SSSR count). The molecule has 0 radical (unpaired) electrons. The molecule has 0 bridgehead atoms. The van der Waals surface area contributed by atoms with Crippen LogP contribution in [0, 0.1) is 13.8 Å². The molecule has 2 N–H and O–H groups in total. The van der Waals surface area contributed by atoms with Gasteiger partial charge in [0.15, 0.2) is 9.71 Å². The van der Waals surface area contributed by atoms with E-state index in [2.05, 4.69) is 10.3 Å². The van der Waals surface area contributed by atoms with Crippen molar-refractivity contribution in [2.45, 2.75) is 23.6 Å². The number of nitrogens with one attached hydrogen (secondary N) is 1. The number of benzene rings is 2. The largest absolute Gasteiger partial charge is 0.479 e. The van der Waals surface area contributed by atoms with Crippen LogP contribution in [0.4, 0.5) is 5.69 Å². The molecule has 0 aliphatic carbocycles. The number of thioether (sulfide) groups is 1. The number of aliphatic carboxylic acids is 1. The Labute approximate surface area is 142 Å². The van der Waals surface area contributed by atoms with Crippen LogP contribution in [0.25, 0.3) is 10.2 Å². The van der Waals surface area contributed by atoms with Crippen LogP contribution in [0.2, 0.25) is 0 Å². The second-order valence-corrected chi connectivity index (χ2v) is 7.58. The summed E-state index contributed by atoms with van der Waals surface area (Å²) in [6, 6.07) is 13.7. The Kier molecular flexibility index (Phi) is 4.54. The van der Waals surface area contributed by atoms with Crippen LogP contribution >= 0.6 is 23.1 Å². The smallest absolute Gasteiger partial charge is 0.337 e. The molecule has 0 aliphatic heterocycles. The summed E-state index contributed by atoms with van der Waals surface area (Å²) in [6.07, 6.45) is 0. The van der Waals surface area contributed by atoms with Crippen molar-refractivity contribution >= 4 is 45.0 Å². The third-order valence-corrected chi connectivity index (χ3v) is 5.69. The van der Waals surface area contributed by atoms with Gasteiger partial charge in [0.2, 0.25) is 0 Å². The summed E-state index contributed by atoms with van der Waals surface area (Å²) in [6.45, 7) is 3.94. The van der Waals surface area contributed by atoms with E-state index in [-0.39, 0.29) is 0 Å². The summed E-state index contributed by atoms with van der Waals surface area (Å²) in [7, 11) is 0. The van der Waals surface area contributed by atoms with Gasteiger partial charge < -0.3 is 10.4 Å². The first kappa shape index (κ1) is 15.8.